The lowest BCUT2D eigenvalue weighted by molar-refractivity contribution is -0.143. The molecule has 0 aromatic carbocycles. The molecule has 2 amide bonds. The molecule has 0 saturated carbocycles. The number of aliphatic carboxylic acids is 1. The van der Waals surface area contributed by atoms with Crippen LogP contribution in [0.5, 0.6) is 0 Å². The highest BCUT2D eigenvalue weighted by Gasteiger charge is 2.38. The Kier molecular flexibility index (Phi) is 4.76. The van der Waals surface area contributed by atoms with Crippen molar-refractivity contribution in [2.24, 2.45) is 0 Å². The number of hydrogen-bond acceptors (Lipinski definition) is 5. The van der Waals surface area contributed by atoms with Crippen LogP contribution in [-0.4, -0.2) is 67.6 Å². The van der Waals surface area contributed by atoms with E-state index in [0.717, 1.165) is 0 Å². The summed E-state index contributed by atoms with van der Waals surface area (Å²) in [4.78, 5) is 42.8. The molecule has 0 bridgehead atoms. The summed E-state index contributed by atoms with van der Waals surface area (Å²) in [6, 6.07) is -1.99. The van der Waals surface area contributed by atoms with Crippen LogP contribution < -0.4 is 5.32 Å². The average molecular weight is 310 g/mol. The standard InChI is InChI=1S/C13H18N4O5/c1-7(18)17-5-9(19)3-11(17)12(20)16-10(13(21)22)2-8-4-14-6-15-8/h4,6,9-11,19H,2-3,5H2,1H3,(H,14,15)(H,16,20)(H,21,22)/t9?,10-,11-/m0/s1. The zero-order valence-electron chi connectivity index (χ0n) is 12.0. The molecular formula is C13H18N4O5. The van der Waals surface area contributed by atoms with Gasteiger partial charge in [0.1, 0.15) is 12.1 Å². The summed E-state index contributed by atoms with van der Waals surface area (Å²) in [5.74, 6) is -2.10. The smallest absolute Gasteiger partial charge is 0.326 e. The lowest BCUT2D eigenvalue weighted by atomic mass is 10.1. The van der Waals surface area contributed by atoms with Crippen molar-refractivity contribution in [2.75, 3.05) is 6.54 Å². The van der Waals surface area contributed by atoms with E-state index in [1.165, 1.54) is 24.3 Å². The van der Waals surface area contributed by atoms with Crippen molar-refractivity contribution in [2.45, 2.75) is 38.0 Å². The predicted molar refractivity (Wildman–Crippen MR) is 73.7 cm³/mol. The number of rotatable bonds is 5. The number of H-pyrrole nitrogens is 1. The van der Waals surface area contributed by atoms with E-state index in [-0.39, 0.29) is 25.3 Å². The maximum atomic E-state index is 12.2. The summed E-state index contributed by atoms with van der Waals surface area (Å²) in [5, 5.41) is 21.2. The van der Waals surface area contributed by atoms with Gasteiger partial charge in [0.2, 0.25) is 11.8 Å². The zero-order valence-corrected chi connectivity index (χ0v) is 12.0. The van der Waals surface area contributed by atoms with Gasteiger partial charge in [-0.25, -0.2) is 9.78 Å². The van der Waals surface area contributed by atoms with Crippen LogP contribution in [0, 0.1) is 0 Å². The Morgan fingerprint density at radius 3 is 2.82 bits per heavy atom. The highest BCUT2D eigenvalue weighted by atomic mass is 16.4. The molecule has 4 N–H and O–H groups in total. The molecule has 1 fully saturated rings. The fourth-order valence-electron chi connectivity index (χ4n) is 2.49. The number of aliphatic hydroxyl groups excluding tert-OH is 1. The predicted octanol–water partition coefficient (Wildman–Crippen LogP) is -1.50. The van der Waals surface area contributed by atoms with Crippen molar-refractivity contribution in [3.63, 3.8) is 0 Å². The van der Waals surface area contributed by atoms with E-state index in [2.05, 4.69) is 15.3 Å². The third-order valence-corrected chi connectivity index (χ3v) is 3.58. The number of aromatic nitrogens is 2. The van der Waals surface area contributed by atoms with Crippen LogP contribution in [0.1, 0.15) is 19.0 Å². The molecule has 2 heterocycles. The molecule has 1 aromatic rings. The number of nitrogens with zero attached hydrogens (tertiary/aromatic N) is 2. The molecule has 3 atom stereocenters. The number of carbonyl (C=O) groups is 3. The lowest BCUT2D eigenvalue weighted by Crippen LogP contribution is -2.51. The molecule has 1 aliphatic rings. The summed E-state index contributed by atoms with van der Waals surface area (Å²) in [7, 11) is 0. The van der Waals surface area contributed by atoms with Gasteiger partial charge in [-0.05, 0) is 0 Å². The van der Waals surface area contributed by atoms with Crippen molar-refractivity contribution >= 4 is 17.8 Å². The second kappa shape index (κ2) is 6.56. The molecule has 1 unspecified atom stereocenters. The first-order chi connectivity index (χ1) is 10.4. The van der Waals surface area contributed by atoms with Crippen LogP contribution in [0.3, 0.4) is 0 Å². The maximum absolute atomic E-state index is 12.2. The van der Waals surface area contributed by atoms with Crippen LogP contribution in [0.4, 0.5) is 0 Å². The number of carboxylic acid groups (broad SMARTS) is 1. The third-order valence-electron chi connectivity index (χ3n) is 3.58. The van der Waals surface area contributed by atoms with Gasteiger partial charge >= 0.3 is 5.97 Å². The quantitative estimate of drug-likeness (QED) is 0.523. The number of nitrogens with one attached hydrogen (secondary N) is 2. The normalized spacial score (nSPS) is 22.4. The van der Waals surface area contributed by atoms with E-state index in [1.54, 1.807) is 0 Å². The first kappa shape index (κ1) is 16.0. The lowest BCUT2D eigenvalue weighted by Gasteiger charge is -2.23. The van der Waals surface area contributed by atoms with Gasteiger partial charge in [0.05, 0.1) is 12.4 Å². The molecular weight excluding hydrogens is 292 g/mol. The minimum absolute atomic E-state index is 0.0520. The topological polar surface area (TPSA) is 136 Å². The fraction of sp³-hybridized carbons (Fsp3) is 0.538. The summed E-state index contributed by atoms with van der Waals surface area (Å²) < 4.78 is 0. The van der Waals surface area contributed by atoms with E-state index in [4.69, 9.17) is 0 Å². The number of imidazole rings is 1. The van der Waals surface area contributed by atoms with E-state index in [1.807, 2.05) is 0 Å². The summed E-state index contributed by atoms with van der Waals surface area (Å²) >= 11 is 0. The van der Waals surface area contributed by atoms with Gasteiger partial charge in [0.25, 0.3) is 0 Å². The highest BCUT2D eigenvalue weighted by molar-refractivity contribution is 5.90. The van der Waals surface area contributed by atoms with Crippen molar-refractivity contribution in [1.82, 2.24) is 20.2 Å². The molecule has 2 rings (SSSR count). The van der Waals surface area contributed by atoms with Gasteiger partial charge in [0.15, 0.2) is 0 Å². The van der Waals surface area contributed by atoms with Crippen LogP contribution in [0.15, 0.2) is 12.5 Å². The van der Waals surface area contributed by atoms with Crippen molar-refractivity contribution < 1.29 is 24.6 Å². The largest absolute Gasteiger partial charge is 0.480 e. The Hall–Kier alpha value is -2.42. The van der Waals surface area contributed by atoms with Crippen molar-refractivity contribution in [3.05, 3.63) is 18.2 Å². The molecule has 0 aliphatic carbocycles. The van der Waals surface area contributed by atoms with Crippen LogP contribution in [-0.2, 0) is 20.8 Å². The highest BCUT2D eigenvalue weighted by Crippen LogP contribution is 2.18. The summed E-state index contributed by atoms with van der Waals surface area (Å²) in [5.41, 5.74) is 0.572. The van der Waals surface area contributed by atoms with Crippen LogP contribution in [0.2, 0.25) is 0 Å². The first-order valence-electron chi connectivity index (χ1n) is 6.84. The minimum atomic E-state index is -1.18. The van der Waals surface area contributed by atoms with Gasteiger partial charge in [0, 0.05) is 38.2 Å². The van der Waals surface area contributed by atoms with Gasteiger partial charge < -0.3 is 25.4 Å². The second-order valence-electron chi connectivity index (χ2n) is 5.26. The Balaban J connectivity index is 2.04. The second-order valence-corrected chi connectivity index (χ2v) is 5.26. The molecule has 9 nitrogen and oxygen atoms in total. The maximum Gasteiger partial charge on any atom is 0.326 e. The molecule has 0 spiro atoms. The molecule has 1 aliphatic heterocycles. The molecule has 22 heavy (non-hydrogen) atoms. The number of carboxylic acids is 1. The monoisotopic (exact) mass is 310 g/mol. The molecule has 1 saturated heterocycles. The fourth-order valence-corrected chi connectivity index (χ4v) is 2.49. The van der Waals surface area contributed by atoms with Crippen LogP contribution >= 0.6 is 0 Å². The number of β-amino-alcohol motifs (C(OH)–C–C–N with tert-alkyl or cyclic N) is 1. The Bertz CT molecular complexity index is 559. The number of likely N-dealkylation sites (tertiary alicyclic amines) is 1. The number of amides is 2. The van der Waals surface area contributed by atoms with E-state index in [9.17, 15) is 24.6 Å². The number of hydrogen-bond donors (Lipinski definition) is 4. The Labute approximate surface area is 126 Å². The minimum Gasteiger partial charge on any atom is -0.480 e. The number of aliphatic hydroxyl groups is 1. The third kappa shape index (κ3) is 3.61. The SMILES string of the molecule is CC(=O)N1CC(O)C[C@H]1C(=O)N[C@@H](Cc1cnc[nH]1)C(=O)O. The van der Waals surface area contributed by atoms with E-state index < -0.39 is 30.1 Å². The van der Waals surface area contributed by atoms with E-state index >= 15 is 0 Å². The van der Waals surface area contributed by atoms with Gasteiger partial charge in [-0.3, -0.25) is 9.59 Å². The summed E-state index contributed by atoms with van der Waals surface area (Å²) in [6.45, 7) is 1.38. The van der Waals surface area contributed by atoms with Gasteiger partial charge in [-0.15, -0.1) is 0 Å². The molecule has 120 valence electrons. The molecule has 9 heteroatoms. The first-order valence-corrected chi connectivity index (χ1v) is 6.84. The summed E-state index contributed by atoms with van der Waals surface area (Å²) in [6.07, 6.45) is 2.26. The number of carbonyl (C=O) groups excluding carboxylic acids is 2. The van der Waals surface area contributed by atoms with Gasteiger partial charge in [-0.1, -0.05) is 0 Å². The van der Waals surface area contributed by atoms with E-state index in [0.29, 0.717) is 5.69 Å². The average Bonchev–Trinajstić information content (AvgIpc) is 3.06. The molecule has 1 aromatic heterocycles. The Morgan fingerprint density at radius 1 is 1.55 bits per heavy atom. The van der Waals surface area contributed by atoms with Crippen molar-refractivity contribution in [3.8, 4) is 0 Å². The van der Waals surface area contributed by atoms with Crippen LogP contribution in [0.25, 0.3) is 0 Å². The molecule has 0 radical (unpaired) electrons. The van der Waals surface area contributed by atoms with Gasteiger partial charge in [-0.2, -0.15) is 0 Å². The Morgan fingerprint density at radius 2 is 2.27 bits per heavy atom. The zero-order chi connectivity index (χ0) is 16.3. The number of aromatic amines is 1. The van der Waals surface area contributed by atoms with Crippen molar-refractivity contribution in [1.29, 1.82) is 0 Å².